The fraction of sp³-hybridized carbons (Fsp3) is 0.714. The summed E-state index contributed by atoms with van der Waals surface area (Å²) < 4.78 is 4.86. The lowest BCUT2D eigenvalue weighted by molar-refractivity contribution is 0.194. The lowest BCUT2D eigenvalue weighted by atomic mass is 10.4. The van der Waals surface area contributed by atoms with Crippen molar-refractivity contribution in [2.45, 2.75) is 6.42 Å². The molecule has 10 heavy (non-hydrogen) atoms. The maximum Gasteiger partial charge on any atom is 0.0474 e. The molecule has 3 heteroatoms. The Hall–Kier alpha value is -0.0500. The van der Waals surface area contributed by atoms with Gasteiger partial charge in [0.05, 0.1) is 0 Å². The van der Waals surface area contributed by atoms with E-state index in [1.54, 1.807) is 7.11 Å². The van der Waals surface area contributed by atoms with Crippen LogP contribution in [0.4, 0.5) is 0 Å². The van der Waals surface area contributed by atoms with Crippen LogP contribution < -0.4 is 5.32 Å². The molecule has 0 amide bonds. The minimum atomic E-state index is 0.817. The fourth-order valence-corrected chi connectivity index (χ4v) is 0.661. The number of ether oxygens (including phenoxy) is 1. The smallest absolute Gasteiger partial charge is 0.0474 e. The normalized spacial score (nSPS) is 11.0. The minimum absolute atomic E-state index is 0.817. The van der Waals surface area contributed by atoms with E-state index in [-0.39, 0.29) is 0 Å². The number of hydrogen-bond acceptors (Lipinski definition) is 2. The van der Waals surface area contributed by atoms with Crippen molar-refractivity contribution in [3.8, 4) is 0 Å². The molecule has 0 atom stereocenters. The molecule has 0 aliphatic rings. The fourth-order valence-electron chi connectivity index (χ4n) is 0.571. The summed E-state index contributed by atoms with van der Waals surface area (Å²) in [6.45, 7) is 2.64. The molecule has 0 radical (unpaired) electrons. The Morgan fingerprint density at radius 2 is 2.40 bits per heavy atom. The molecule has 2 nitrogen and oxygen atoms in total. The lowest BCUT2D eigenvalue weighted by Crippen LogP contribution is -2.16. The second-order valence-electron chi connectivity index (χ2n) is 1.91. The van der Waals surface area contributed by atoms with Crippen LogP contribution in [0.5, 0.6) is 0 Å². The van der Waals surface area contributed by atoms with Gasteiger partial charge in [-0.05, 0) is 13.0 Å². The summed E-state index contributed by atoms with van der Waals surface area (Å²) in [4.78, 5) is 0. The second-order valence-corrected chi connectivity index (χ2v) is 2.16. The van der Waals surface area contributed by atoms with E-state index in [2.05, 4.69) is 5.32 Å². The van der Waals surface area contributed by atoms with Crippen LogP contribution in [0.15, 0.2) is 11.6 Å². The van der Waals surface area contributed by atoms with Gasteiger partial charge in [0.2, 0.25) is 0 Å². The monoisotopic (exact) mass is 163 g/mol. The van der Waals surface area contributed by atoms with Crippen molar-refractivity contribution in [2.24, 2.45) is 0 Å². The van der Waals surface area contributed by atoms with Crippen molar-refractivity contribution in [3.05, 3.63) is 11.6 Å². The maximum absolute atomic E-state index is 5.30. The Bertz CT molecular complexity index is 85.7. The highest BCUT2D eigenvalue weighted by molar-refractivity contribution is 6.25. The predicted octanol–water partition coefficient (Wildman–Crippen LogP) is 1.36. The van der Waals surface area contributed by atoms with Crippen molar-refractivity contribution in [1.82, 2.24) is 5.32 Å². The molecule has 0 fully saturated rings. The third kappa shape index (κ3) is 7.95. The number of nitrogens with one attached hydrogen (secondary N) is 1. The molecule has 0 aromatic carbocycles. The summed E-state index contributed by atoms with van der Waals surface area (Å²) in [6, 6.07) is 0. The highest BCUT2D eigenvalue weighted by Gasteiger charge is 1.82. The van der Waals surface area contributed by atoms with Crippen molar-refractivity contribution in [1.29, 1.82) is 0 Å². The highest BCUT2D eigenvalue weighted by Crippen LogP contribution is 1.78. The SMILES string of the molecule is COCCCNC/C=C/Cl. The van der Waals surface area contributed by atoms with Crippen molar-refractivity contribution in [3.63, 3.8) is 0 Å². The summed E-state index contributed by atoms with van der Waals surface area (Å²) in [5.41, 5.74) is 1.52. The van der Waals surface area contributed by atoms with Crippen LogP contribution in [-0.4, -0.2) is 26.8 Å². The first-order valence-electron chi connectivity index (χ1n) is 3.36. The summed E-state index contributed by atoms with van der Waals surface area (Å²) in [5, 5.41) is 3.17. The number of rotatable bonds is 6. The van der Waals surface area contributed by atoms with E-state index in [4.69, 9.17) is 16.3 Å². The second kappa shape index (κ2) is 8.95. The summed E-state index contributed by atoms with van der Waals surface area (Å²) in [7, 11) is 1.71. The average Bonchev–Trinajstić information content (AvgIpc) is 1.97. The minimum Gasteiger partial charge on any atom is -0.385 e. The molecular weight excluding hydrogens is 150 g/mol. The predicted molar refractivity (Wildman–Crippen MR) is 44.4 cm³/mol. The van der Waals surface area contributed by atoms with E-state index >= 15 is 0 Å². The van der Waals surface area contributed by atoms with Crippen LogP contribution in [0.1, 0.15) is 6.42 Å². The third-order valence-electron chi connectivity index (χ3n) is 1.05. The molecule has 0 rings (SSSR count). The van der Waals surface area contributed by atoms with Crippen LogP contribution in [0.2, 0.25) is 0 Å². The van der Waals surface area contributed by atoms with Crippen LogP contribution in [0.25, 0.3) is 0 Å². The van der Waals surface area contributed by atoms with Gasteiger partial charge in [-0.25, -0.2) is 0 Å². The Labute approximate surface area is 67.2 Å². The van der Waals surface area contributed by atoms with Gasteiger partial charge in [-0.15, -0.1) is 0 Å². The van der Waals surface area contributed by atoms with Crippen LogP contribution in [-0.2, 0) is 4.74 Å². The van der Waals surface area contributed by atoms with Gasteiger partial charge < -0.3 is 10.1 Å². The van der Waals surface area contributed by atoms with Gasteiger partial charge in [-0.3, -0.25) is 0 Å². The molecule has 0 spiro atoms. The van der Waals surface area contributed by atoms with Crippen LogP contribution in [0, 0.1) is 0 Å². The van der Waals surface area contributed by atoms with Gasteiger partial charge in [0, 0.05) is 25.8 Å². The van der Waals surface area contributed by atoms with Gasteiger partial charge >= 0.3 is 0 Å². The molecule has 0 aromatic heterocycles. The Kier molecular flexibility index (Phi) is 8.91. The van der Waals surface area contributed by atoms with Crippen molar-refractivity contribution in [2.75, 3.05) is 26.8 Å². The molecule has 0 aliphatic heterocycles. The van der Waals surface area contributed by atoms with E-state index < -0.39 is 0 Å². The molecule has 0 saturated carbocycles. The van der Waals surface area contributed by atoms with Gasteiger partial charge in [-0.2, -0.15) is 0 Å². The number of halogens is 1. The Morgan fingerprint density at radius 1 is 1.60 bits per heavy atom. The molecular formula is C7H14ClNO. The highest BCUT2D eigenvalue weighted by atomic mass is 35.5. The van der Waals surface area contributed by atoms with Gasteiger partial charge in [0.25, 0.3) is 0 Å². The van der Waals surface area contributed by atoms with Crippen molar-refractivity contribution >= 4 is 11.6 Å². The number of hydrogen-bond donors (Lipinski definition) is 1. The van der Waals surface area contributed by atoms with Gasteiger partial charge in [0.1, 0.15) is 0 Å². The molecule has 1 N–H and O–H groups in total. The van der Waals surface area contributed by atoms with Gasteiger partial charge in [0.15, 0.2) is 0 Å². The van der Waals surface area contributed by atoms with Gasteiger partial charge in [-0.1, -0.05) is 17.7 Å². The third-order valence-corrected chi connectivity index (χ3v) is 1.23. The first-order chi connectivity index (χ1) is 4.91. The zero-order valence-corrected chi connectivity index (χ0v) is 7.03. The Balaban J connectivity index is 2.77. The zero-order valence-electron chi connectivity index (χ0n) is 6.27. The molecule has 0 heterocycles. The first-order valence-corrected chi connectivity index (χ1v) is 3.80. The Morgan fingerprint density at radius 3 is 3.00 bits per heavy atom. The summed E-state index contributed by atoms with van der Waals surface area (Å²) in [5.74, 6) is 0. The molecule has 0 saturated heterocycles. The van der Waals surface area contributed by atoms with E-state index in [0.29, 0.717) is 0 Å². The van der Waals surface area contributed by atoms with Crippen molar-refractivity contribution < 1.29 is 4.74 Å². The summed E-state index contributed by atoms with van der Waals surface area (Å²) in [6.07, 6.45) is 2.92. The number of methoxy groups -OCH3 is 1. The molecule has 0 aliphatic carbocycles. The summed E-state index contributed by atoms with van der Waals surface area (Å²) >= 11 is 5.30. The zero-order chi connectivity index (χ0) is 7.66. The topological polar surface area (TPSA) is 21.3 Å². The van der Waals surface area contributed by atoms with E-state index in [1.807, 2.05) is 6.08 Å². The van der Waals surface area contributed by atoms with E-state index in [0.717, 1.165) is 26.1 Å². The molecule has 0 unspecified atom stereocenters. The van der Waals surface area contributed by atoms with Crippen LogP contribution in [0.3, 0.4) is 0 Å². The van der Waals surface area contributed by atoms with E-state index in [1.165, 1.54) is 5.54 Å². The maximum atomic E-state index is 5.30. The molecule has 0 bridgehead atoms. The molecule has 0 aromatic rings. The average molecular weight is 164 g/mol. The lowest BCUT2D eigenvalue weighted by Gasteiger charge is -1.99. The quantitative estimate of drug-likeness (QED) is 0.598. The first kappa shape index (κ1) is 9.95. The standard InChI is InChI=1S/C7H14ClNO/c1-10-7-3-6-9-5-2-4-8/h2,4,9H,3,5-7H2,1H3/b4-2+. The molecule has 60 valence electrons. The van der Waals surface area contributed by atoms with Crippen LogP contribution >= 0.6 is 11.6 Å². The van der Waals surface area contributed by atoms with E-state index in [9.17, 15) is 0 Å². The largest absolute Gasteiger partial charge is 0.385 e.